The van der Waals surface area contributed by atoms with E-state index in [0.29, 0.717) is 0 Å². The maximum Gasteiger partial charge on any atom is 0.107 e. The summed E-state index contributed by atoms with van der Waals surface area (Å²) in [5.74, 6) is 0. The van der Waals surface area contributed by atoms with E-state index in [-0.39, 0.29) is 17.6 Å². The van der Waals surface area contributed by atoms with Crippen molar-refractivity contribution in [2.45, 2.75) is 39.4 Å². The molecule has 60 valence electrons. The topological polar surface area (TPSA) is 32.8 Å². The number of aliphatic hydroxyl groups is 1. The molecule has 2 unspecified atom stereocenters. The second-order valence-corrected chi connectivity index (χ2v) is 4.20. The summed E-state index contributed by atoms with van der Waals surface area (Å²) in [6.07, 6.45) is 0.719. The van der Waals surface area contributed by atoms with Gasteiger partial charge in [-0.1, -0.05) is 20.8 Å². The Morgan fingerprint density at radius 2 is 2.10 bits per heavy atom. The van der Waals surface area contributed by atoms with E-state index in [0.717, 1.165) is 13.0 Å². The van der Waals surface area contributed by atoms with E-state index < -0.39 is 0 Å². The van der Waals surface area contributed by atoms with Crippen molar-refractivity contribution in [1.29, 1.82) is 0 Å². The van der Waals surface area contributed by atoms with E-state index in [2.05, 4.69) is 20.8 Å². The van der Waals surface area contributed by atoms with Gasteiger partial charge < -0.3 is 9.84 Å². The number of ether oxygens (including phenoxy) is 1. The van der Waals surface area contributed by atoms with Crippen LogP contribution in [0.2, 0.25) is 0 Å². The predicted molar refractivity (Wildman–Crippen MR) is 39.8 cm³/mol. The Hall–Kier alpha value is -0.0800. The van der Waals surface area contributed by atoms with Crippen molar-refractivity contribution in [3.63, 3.8) is 0 Å². The molecule has 1 heterocycles. The molecular weight excluding hydrogens is 128 g/mol. The summed E-state index contributed by atoms with van der Waals surface area (Å²) in [6, 6.07) is 0. The molecule has 1 aliphatic rings. The quantitative estimate of drug-likeness (QED) is 0.590. The smallest absolute Gasteiger partial charge is 0.107 e. The van der Waals surface area contributed by atoms with Crippen LogP contribution in [-0.4, -0.2) is 23.9 Å². The van der Waals surface area contributed by atoms with Crippen LogP contribution in [0.25, 0.3) is 0 Å². The highest BCUT2D eigenvalue weighted by atomic mass is 16.6. The molecule has 0 radical (unpaired) electrons. The van der Waals surface area contributed by atoms with Crippen LogP contribution < -0.4 is 0 Å². The summed E-state index contributed by atoms with van der Waals surface area (Å²) in [7, 11) is 0. The summed E-state index contributed by atoms with van der Waals surface area (Å²) in [5.41, 5.74) is 0.214. The molecule has 1 saturated heterocycles. The first kappa shape index (κ1) is 8.02. The molecule has 1 fully saturated rings. The fourth-order valence-corrected chi connectivity index (χ4v) is 1.04. The minimum Gasteiger partial charge on any atom is -0.390 e. The van der Waals surface area contributed by atoms with Gasteiger partial charge in [-0.3, -0.25) is 0 Å². The fourth-order valence-electron chi connectivity index (χ4n) is 1.04. The van der Waals surface area contributed by atoms with Crippen molar-refractivity contribution in [2.75, 3.05) is 6.61 Å². The Kier molecular flexibility index (Phi) is 2.02. The van der Waals surface area contributed by atoms with Gasteiger partial charge in [0.25, 0.3) is 0 Å². The summed E-state index contributed by atoms with van der Waals surface area (Å²) in [6.45, 7) is 7.12. The molecule has 0 bridgehead atoms. The highest BCUT2D eigenvalue weighted by Gasteiger charge is 2.33. The van der Waals surface area contributed by atoms with Crippen LogP contribution >= 0.6 is 0 Å². The number of rotatable bonds is 2. The molecular formula is C8H16O2. The molecule has 0 aromatic rings. The maximum absolute atomic E-state index is 9.40. The van der Waals surface area contributed by atoms with Crippen molar-refractivity contribution in [1.82, 2.24) is 0 Å². The van der Waals surface area contributed by atoms with Crippen LogP contribution in [0.1, 0.15) is 27.2 Å². The zero-order chi connectivity index (χ0) is 7.78. The first-order valence-electron chi connectivity index (χ1n) is 3.79. The van der Waals surface area contributed by atoms with E-state index in [1.165, 1.54) is 0 Å². The third kappa shape index (κ3) is 2.67. The van der Waals surface area contributed by atoms with Crippen molar-refractivity contribution >= 4 is 0 Å². The number of epoxide rings is 1. The van der Waals surface area contributed by atoms with Crippen molar-refractivity contribution in [2.24, 2.45) is 5.41 Å². The average Bonchev–Trinajstić information content (AvgIpc) is 2.35. The van der Waals surface area contributed by atoms with Gasteiger partial charge in [0.15, 0.2) is 0 Å². The molecule has 0 aromatic carbocycles. The van der Waals surface area contributed by atoms with Crippen molar-refractivity contribution in [3.8, 4) is 0 Å². The van der Waals surface area contributed by atoms with Crippen LogP contribution in [0.4, 0.5) is 0 Å². The van der Waals surface area contributed by atoms with E-state index in [1.54, 1.807) is 0 Å². The largest absolute Gasteiger partial charge is 0.390 e. The average molecular weight is 144 g/mol. The van der Waals surface area contributed by atoms with E-state index >= 15 is 0 Å². The lowest BCUT2D eigenvalue weighted by molar-refractivity contribution is 0.0914. The first-order chi connectivity index (χ1) is 4.49. The van der Waals surface area contributed by atoms with E-state index in [4.69, 9.17) is 4.74 Å². The first-order valence-corrected chi connectivity index (χ1v) is 3.79. The van der Waals surface area contributed by atoms with Gasteiger partial charge in [-0.2, -0.15) is 0 Å². The summed E-state index contributed by atoms with van der Waals surface area (Å²) >= 11 is 0. The Labute approximate surface area is 62.2 Å². The van der Waals surface area contributed by atoms with Crippen LogP contribution in [0.5, 0.6) is 0 Å². The summed E-state index contributed by atoms with van der Waals surface area (Å²) in [5, 5.41) is 9.40. The number of hydrogen-bond donors (Lipinski definition) is 1. The maximum atomic E-state index is 9.40. The Bertz CT molecular complexity index is 111. The van der Waals surface area contributed by atoms with Crippen LogP contribution in [0.3, 0.4) is 0 Å². The molecule has 1 N–H and O–H groups in total. The lowest BCUT2D eigenvalue weighted by atomic mass is 9.88. The fraction of sp³-hybridized carbons (Fsp3) is 1.00. The second kappa shape index (κ2) is 2.51. The summed E-state index contributed by atoms with van der Waals surface area (Å²) in [4.78, 5) is 0. The predicted octanol–water partition coefficient (Wildman–Crippen LogP) is 1.18. The van der Waals surface area contributed by atoms with E-state index in [9.17, 15) is 5.11 Å². The third-order valence-corrected chi connectivity index (χ3v) is 1.61. The lowest BCUT2D eigenvalue weighted by Crippen LogP contribution is -2.22. The Morgan fingerprint density at radius 3 is 2.40 bits per heavy atom. The third-order valence-electron chi connectivity index (χ3n) is 1.61. The highest BCUT2D eigenvalue weighted by Crippen LogP contribution is 2.26. The van der Waals surface area contributed by atoms with E-state index in [1.807, 2.05) is 0 Å². The summed E-state index contributed by atoms with van der Waals surface area (Å²) < 4.78 is 4.97. The minimum absolute atomic E-state index is 0.138. The van der Waals surface area contributed by atoms with Gasteiger partial charge in [-0.15, -0.1) is 0 Å². The molecule has 2 nitrogen and oxygen atoms in total. The molecule has 2 atom stereocenters. The Morgan fingerprint density at radius 1 is 1.60 bits per heavy atom. The van der Waals surface area contributed by atoms with Gasteiger partial charge in [0.2, 0.25) is 0 Å². The zero-order valence-electron chi connectivity index (χ0n) is 6.92. The molecule has 0 spiro atoms. The molecule has 1 aliphatic heterocycles. The minimum atomic E-state index is -0.250. The van der Waals surface area contributed by atoms with Gasteiger partial charge in [-0.25, -0.2) is 0 Å². The number of aliphatic hydroxyl groups excluding tert-OH is 1. The SMILES string of the molecule is CC(C)(C)CC(O)C1CO1. The molecule has 2 heteroatoms. The van der Waals surface area contributed by atoms with Gasteiger partial charge in [0, 0.05) is 0 Å². The standard InChI is InChI=1S/C8H16O2/c1-8(2,3)4-6(9)7-5-10-7/h6-7,9H,4-5H2,1-3H3. The molecule has 0 aliphatic carbocycles. The van der Waals surface area contributed by atoms with Gasteiger partial charge >= 0.3 is 0 Å². The number of hydrogen-bond acceptors (Lipinski definition) is 2. The van der Waals surface area contributed by atoms with Crippen LogP contribution in [-0.2, 0) is 4.74 Å². The van der Waals surface area contributed by atoms with Gasteiger partial charge in [0.1, 0.15) is 6.10 Å². The normalized spacial score (nSPS) is 28.2. The monoisotopic (exact) mass is 144 g/mol. The highest BCUT2D eigenvalue weighted by molar-refractivity contribution is 4.81. The van der Waals surface area contributed by atoms with Gasteiger partial charge in [0.05, 0.1) is 12.7 Å². The van der Waals surface area contributed by atoms with Crippen LogP contribution in [0, 0.1) is 5.41 Å². The van der Waals surface area contributed by atoms with Gasteiger partial charge in [-0.05, 0) is 11.8 Å². The molecule has 0 saturated carbocycles. The van der Waals surface area contributed by atoms with Crippen LogP contribution in [0.15, 0.2) is 0 Å². The zero-order valence-corrected chi connectivity index (χ0v) is 6.92. The Balaban J connectivity index is 2.23. The van der Waals surface area contributed by atoms with Crippen molar-refractivity contribution < 1.29 is 9.84 Å². The molecule has 1 rings (SSSR count). The van der Waals surface area contributed by atoms with Crippen molar-refractivity contribution in [3.05, 3.63) is 0 Å². The molecule has 0 amide bonds. The molecule has 0 aromatic heterocycles. The molecule has 10 heavy (non-hydrogen) atoms. The lowest BCUT2D eigenvalue weighted by Gasteiger charge is -2.20. The second-order valence-electron chi connectivity index (χ2n) is 4.20.